The molecule has 0 radical (unpaired) electrons. The summed E-state index contributed by atoms with van der Waals surface area (Å²) in [6, 6.07) is 3.46. The molecule has 0 saturated heterocycles. The number of hydrogen-bond acceptors (Lipinski definition) is 3. The second kappa shape index (κ2) is 6.12. The predicted octanol–water partition coefficient (Wildman–Crippen LogP) is 4.60. The Morgan fingerprint density at radius 2 is 2.12 bits per heavy atom. The van der Waals surface area contributed by atoms with Gasteiger partial charge in [-0.25, -0.2) is 9.48 Å². The summed E-state index contributed by atoms with van der Waals surface area (Å²) in [5.74, 6) is -0.583. The van der Waals surface area contributed by atoms with E-state index in [9.17, 15) is 18.0 Å². The van der Waals surface area contributed by atoms with Crippen molar-refractivity contribution in [2.45, 2.75) is 31.9 Å². The smallest absolute Gasteiger partial charge is 0.418 e. The molecule has 3 rings (SSSR count). The summed E-state index contributed by atoms with van der Waals surface area (Å²) in [6.07, 6.45) is -1.47. The van der Waals surface area contributed by atoms with Crippen LogP contribution in [0, 0.1) is 0 Å². The quantitative estimate of drug-likeness (QED) is 0.750. The average molecular weight is 359 g/mol. The number of para-hydroxylation sites is 1. The summed E-state index contributed by atoms with van der Waals surface area (Å²) in [4.78, 5) is 12.3. The molecular weight excluding hydrogens is 345 g/mol. The normalized spacial score (nSPS) is 14.7. The Kier molecular flexibility index (Phi) is 4.29. The largest absolute Gasteiger partial charge is 0.461 e. The van der Waals surface area contributed by atoms with Crippen molar-refractivity contribution in [1.29, 1.82) is 0 Å². The van der Waals surface area contributed by atoms with Crippen LogP contribution in [0.3, 0.4) is 0 Å². The lowest BCUT2D eigenvalue weighted by Crippen LogP contribution is -2.18. The highest BCUT2D eigenvalue weighted by molar-refractivity contribution is 6.32. The molecule has 0 unspecified atom stereocenters. The third kappa shape index (κ3) is 3.00. The van der Waals surface area contributed by atoms with Gasteiger partial charge >= 0.3 is 12.1 Å². The van der Waals surface area contributed by atoms with Gasteiger partial charge in [-0.15, -0.1) is 0 Å². The number of esters is 1. The number of nitrogens with zero attached hydrogens (tertiary/aromatic N) is 2. The van der Waals surface area contributed by atoms with Crippen LogP contribution in [0.1, 0.15) is 47.3 Å². The van der Waals surface area contributed by atoms with E-state index in [1.165, 1.54) is 18.3 Å². The zero-order valence-electron chi connectivity index (χ0n) is 12.7. The molecule has 1 saturated carbocycles. The molecule has 1 fully saturated rings. The fourth-order valence-corrected chi connectivity index (χ4v) is 2.84. The summed E-state index contributed by atoms with van der Waals surface area (Å²) in [7, 11) is 0. The van der Waals surface area contributed by atoms with Crippen LogP contribution in [-0.4, -0.2) is 22.4 Å². The first-order chi connectivity index (χ1) is 11.3. The van der Waals surface area contributed by atoms with Crippen molar-refractivity contribution in [3.63, 3.8) is 0 Å². The second-order valence-electron chi connectivity index (χ2n) is 5.49. The number of carbonyl (C=O) groups excluding carboxylic acids is 1. The minimum atomic E-state index is -4.63. The number of ether oxygens (including phenoxy) is 1. The standard InChI is InChI=1S/C16H14ClF3N2O2/c1-2-24-15(23)13-10(9-6-7-9)8-21-22(13)14-11(16(18,19)20)4-3-5-12(14)17/h3-5,8-9H,2,6-7H2,1H3. The van der Waals surface area contributed by atoms with Gasteiger partial charge < -0.3 is 4.74 Å². The molecule has 0 aliphatic heterocycles. The maximum atomic E-state index is 13.4. The maximum Gasteiger partial charge on any atom is 0.418 e. The van der Waals surface area contributed by atoms with Gasteiger partial charge in [0.1, 0.15) is 0 Å². The Hall–Kier alpha value is -2.02. The summed E-state index contributed by atoms with van der Waals surface area (Å²) in [6.45, 7) is 1.74. The Morgan fingerprint density at radius 1 is 1.42 bits per heavy atom. The first kappa shape index (κ1) is 16.8. The van der Waals surface area contributed by atoms with Gasteiger partial charge in [-0.05, 0) is 37.8 Å². The van der Waals surface area contributed by atoms with Crippen LogP contribution in [0.15, 0.2) is 24.4 Å². The van der Waals surface area contributed by atoms with Gasteiger partial charge in [0.05, 0.1) is 29.1 Å². The van der Waals surface area contributed by atoms with Gasteiger partial charge in [0, 0.05) is 5.56 Å². The molecule has 2 aromatic rings. The number of halogens is 4. The molecule has 1 aliphatic rings. The summed E-state index contributed by atoms with van der Waals surface area (Å²) in [5, 5.41) is 3.88. The first-order valence-electron chi connectivity index (χ1n) is 7.45. The van der Waals surface area contributed by atoms with E-state index in [4.69, 9.17) is 16.3 Å². The van der Waals surface area contributed by atoms with E-state index in [1.807, 2.05) is 0 Å². The molecule has 24 heavy (non-hydrogen) atoms. The van der Waals surface area contributed by atoms with Crippen LogP contribution in [0.5, 0.6) is 0 Å². The van der Waals surface area contributed by atoms with E-state index in [0.29, 0.717) is 5.56 Å². The molecule has 0 N–H and O–H groups in total. The van der Waals surface area contributed by atoms with E-state index in [1.54, 1.807) is 6.92 Å². The molecule has 4 nitrogen and oxygen atoms in total. The third-order valence-electron chi connectivity index (χ3n) is 3.79. The van der Waals surface area contributed by atoms with Crippen LogP contribution < -0.4 is 0 Å². The van der Waals surface area contributed by atoms with Crippen LogP contribution in [-0.2, 0) is 10.9 Å². The van der Waals surface area contributed by atoms with Crippen molar-refractivity contribution in [2.24, 2.45) is 0 Å². The molecular formula is C16H14ClF3N2O2. The molecule has 1 aliphatic carbocycles. The number of alkyl halides is 3. The van der Waals surface area contributed by atoms with Crippen molar-refractivity contribution in [1.82, 2.24) is 9.78 Å². The number of rotatable bonds is 4. The lowest BCUT2D eigenvalue weighted by molar-refractivity contribution is -0.137. The van der Waals surface area contributed by atoms with E-state index < -0.39 is 17.7 Å². The van der Waals surface area contributed by atoms with E-state index in [2.05, 4.69) is 5.10 Å². The van der Waals surface area contributed by atoms with Crippen LogP contribution >= 0.6 is 11.6 Å². The van der Waals surface area contributed by atoms with Crippen molar-refractivity contribution in [3.8, 4) is 5.69 Å². The van der Waals surface area contributed by atoms with Gasteiger partial charge in [0.25, 0.3) is 0 Å². The van der Waals surface area contributed by atoms with Gasteiger partial charge in [0.2, 0.25) is 0 Å². The number of carbonyl (C=O) groups is 1. The lowest BCUT2D eigenvalue weighted by atomic mass is 10.1. The highest BCUT2D eigenvalue weighted by atomic mass is 35.5. The van der Waals surface area contributed by atoms with E-state index in [0.717, 1.165) is 23.6 Å². The van der Waals surface area contributed by atoms with Crippen LogP contribution in [0.25, 0.3) is 5.69 Å². The number of benzene rings is 1. The topological polar surface area (TPSA) is 44.1 Å². The molecule has 8 heteroatoms. The highest BCUT2D eigenvalue weighted by Gasteiger charge is 2.38. The second-order valence-corrected chi connectivity index (χ2v) is 5.90. The first-order valence-corrected chi connectivity index (χ1v) is 7.83. The highest BCUT2D eigenvalue weighted by Crippen LogP contribution is 2.44. The molecule has 0 atom stereocenters. The fraction of sp³-hybridized carbons (Fsp3) is 0.375. The summed E-state index contributed by atoms with van der Waals surface area (Å²) < 4.78 is 46.0. The monoisotopic (exact) mass is 358 g/mol. The maximum absolute atomic E-state index is 13.4. The van der Waals surface area contributed by atoms with Crippen LogP contribution in [0.4, 0.5) is 13.2 Å². The molecule has 1 aromatic heterocycles. The SMILES string of the molecule is CCOC(=O)c1c(C2CC2)cnn1-c1c(Cl)cccc1C(F)(F)F. The minimum absolute atomic E-state index is 0.0120. The van der Waals surface area contributed by atoms with Gasteiger partial charge in [-0.1, -0.05) is 17.7 Å². The van der Waals surface area contributed by atoms with Crippen LogP contribution in [0.2, 0.25) is 5.02 Å². The zero-order valence-corrected chi connectivity index (χ0v) is 13.5. The summed E-state index contributed by atoms with van der Waals surface area (Å²) >= 11 is 6.02. The van der Waals surface area contributed by atoms with Gasteiger partial charge in [-0.2, -0.15) is 18.3 Å². The van der Waals surface area contributed by atoms with Crippen molar-refractivity contribution >= 4 is 17.6 Å². The predicted molar refractivity (Wildman–Crippen MR) is 81.5 cm³/mol. The Morgan fingerprint density at radius 3 is 2.71 bits per heavy atom. The summed E-state index contributed by atoms with van der Waals surface area (Å²) in [5.41, 5.74) is -0.702. The van der Waals surface area contributed by atoms with E-state index >= 15 is 0 Å². The fourth-order valence-electron chi connectivity index (χ4n) is 2.59. The van der Waals surface area contributed by atoms with Gasteiger partial charge in [-0.3, -0.25) is 0 Å². The number of aromatic nitrogens is 2. The molecule has 1 heterocycles. The molecule has 0 bridgehead atoms. The average Bonchev–Trinajstić information content (AvgIpc) is 3.25. The van der Waals surface area contributed by atoms with Crippen molar-refractivity contribution < 1.29 is 22.7 Å². The number of hydrogen-bond donors (Lipinski definition) is 0. The van der Waals surface area contributed by atoms with Crippen molar-refractivity contribution in [3.05, 3.63) is 46.2 Å². The van der Waals surface area contributed by atoms with Crippen molar-refractivity contribution in [2.75, 3.05) is 6.61 Å². The lowest BCUT2D eigenvalue weighted by Gasteiger charge is -2.16. The molecule has 0 spiro atoms. The Bertz CT molecular complexity index is 782. The molecule has 0 amide bonds. The minimum Gasteiger partial charge on any atom is -0.461 e. The van der Waals surface area contributed by atoms with Gasteiger partial charge in [0.15, 0.2) is 5.69 Å². The molecule has 1 aromatic carbocycles. The van der Waals surface area contributed by atoms with E-state index in [-0.39, 0.29) is 28.9 Å². The molecule has 128 valence electrons. The Labute approximate surface area is 141 Å². The third-order valence-corrected chi connectivity index (χ3v) is 4.09. The zero-order chi connectivity index (χ0) is 17.5. The Balaban J connectivity index is 2.22.